The molecule has 0 bridgehead atoms. The van der Waals surface area contributed by atoms with E-state index in [2.05, 4.69) is 63.1 Å². The third-order valence-electron chi connectivity index (χ3n) is 7.95. The lowest BCUT2D eigenvalue weighted by Crippen LogP contribution is -2.67. The number of nitriles is 1. The fraction of sp³-hybridized carbons (Fsp3) is 0.593. The molecule has 214 valence electrons. The summed E-state index contributed by atoms with van der Waals surface area (Å²) in [6.07, 6.45) is 0.943. The first kappa shape index (κ1) is 29.1. The van der Waals surface area contributed by atoms with Crippen molar-refractivity contribution in [2.24, 2.45) is 0 Å². The second kappa shape index (κ2) is 10.5. The molecule has 0 saturated carbocycles. The summed E-state index contributed by atoms with van der Waals surface area (Å²) >= 11 is 16.9. The van der Waals surface area contributed by atoms with Gasteiger partial charge in [-0.05, 0) is 76.6 Å². The summed E-state index contributed by atoms with van der Waals surface area (Å²) in [7, 11) is 4.16. The molecule has 4 heterocycles. The highest BCUT2D eigenvalue weighted by molar-refractivity contribution is 9.10. The zero-order valence-electron chi connectivity index (χ0n) is 23.5. The van der Waals surface area contributed by atoms with E-state index in [-0.39, 0.29) is 24.0 Å². The van der Waals surface area contributed by atoms with E-state index in [1.54, 1.807) is 4.90 Å². The Kier molecular flexibility index (Phi) is 7.62. The molecule has 2 aliphatic heterocycles. The number of likely N-dealkylation sites (N-methyl/N-ethyl adjacent to an activating group) is 1. The van der Waals surface area contributed by atoms with Gasteiger partial charge >= 0.3 is 6.09 Å². The molecule has 2 fully saturated rings. The average molecular weight is 652 g/mol. The molecule has 0 aliphatic carbocycles. The van der Waals surface area contributed by atoms with E-state index >= 15 is 0 Å². The number of amides is 1. The zero-order chi connectivity index (χ0) is 29.1. The van der Waals surface area contributed by atoms with Crippen molar-refractivity contribution in [3.63, 3.8) is 0 Å². The second-order valence-electron chi connectivity index (χ2n) is 12.2. The minimum Gasteiger partial charge on any atom is -0.444 e. The third kappa shape index (κ3) is 5.08. The maximum atomic E-state index is 13.0. The maximum absolute atomic E-state index is 13.0. The van der Waals surface area contributed by atoms with E-state index in [9.17, 15) is 10.1 Å². The Bertz CT molecular complexity index is 1520. The van der Waals surface area contributed by atoms with Gasteiger partial charge in [-0.1, -0.05) is 28.4 Å². The summed E-state index contributed by atoms with van der Waals surface area (Å²) < 4.78 is 8.12. The molecule has 2 aromatic heterocycles. The SMILES string of the molecule is CN(C)C1(C)CN(c2nc3c(Cl)c(Br)c(Cl)cc3c3c2nnn3[C@H]2CCN(C(=O)OC(C)(C)C)[C@H](CC#N)C2)C1. The Morgan fingerprint density at radius 1 is 1.30 bits per heavy atom. The topological polar surface area (TPSA) is 103 Å². The van der Waals surface area contributed by atoms with Gasteiger partial charge < -0.3 is 19.4 Å². The lowest BCUT2D eigenvalue weighted by atomic mass is 9.90. The first-order valence-electron chi connectivity index (χ1n) is 13.2. The predicted molar refractivity (Wildman–Crippen MR) is 160 cm³/mol. The molecule has 1 amide bonds. The number of fused-ring (bicyclic) bond motifs is 3. The molecule has 0 N–H and O–H groups in total. The maximum Gasteiger partial charge on any atom is 0.410 e. The highest BCUT2D eigenvalue weighted by atomic mass is 79.9. The smallest absolute Gasteiger partial charge is 0.410 e. The molecule has 0 radical (unpaired) electrons. The lowest BCUT2D eigenvalue weighted by molar-refractivity contribution is 0.00557. The van der Waals surface area contributed by atoms with Crippen molar-refractivity contribution in [3.8, 4) is 6.07 Å². The minimum absolute atomic E-state index is 0.0162. The summed E-state index contributed by atoms with van der Waals surface area (Å²) in [5, 5.41) is 20.5. The number of anilines is 1. The Hall–Kier alpha value is -2.39. The molecule has 0 spiro atoms. The van der Waals surface area contributed by atoms with Gasteiger partial charge in [-0.2, -0.15) is 5.26 Å². The van der Waals surface area contributed by atoms with Gasteiger partial charge in [0.15, 0.2) is 11.3 Å². The van der Waals surface area contributed by atoms with Crippen LogP contribution in [-0.4, -0.2) is 86.8 Å². The van der Waals surface area contributed by atoms with Crippen LogP contribution in [0.5, 0.6) is 0 Å². The fourth-order valence-corrected chi connectivity index (χ4v) is 6.33. The summed E-state index contributed by atoms with van der Waals surface area (Å²) in [6.45, 7) is 9.73. The number of carbonyl (C=O) groups is 1. The van der Waals surface area contributed by atoms with Crippen molar-refractivity contribution in [3.05, 3.63) is 20.6 Å². The summed E-state index contributed by atoms with van der Waals surface area (Å²) in [5.41, 5.74) is 1.47. The molecule has 2 saturated heterocycles. The Labute approximate surface area is 252 Å². The first-order valence-corrected chi connectivity index (χ1v) is 14.8. The molecule has 1 aromatic carbocycles. The largest absolute Gasteiger partial charge is 0.444 e. The Morgan fingerprint density at radius 3 is 2.62 bits per heavy atom. The average Bonchev–Trinajstić information content (AvgIpc) is 3.30. The fourth-order valence-electron chi connectivity index (χ4n) is 5.53. The van der Waals surface area contributed by atoms with Gasteiger partial charge in [-0.15, -0.1) is 5.10 Å². The number of carbonyl (C=O) groups excluding carboxylic acids is 1. The van der Waals surface area contributed by atoms with Gasteiger partial charge in [0, 0.05) is 25.0 Å². The molecule has 5 rings (SSSR count). The first-order chi connectivity index (χ1) is 18.7. The van der Waals surface area contributed by atoms with E-state index in [1.165, 1.54) is 0 Å². The van der Waals surface area contributed by atoms with Gasteiger partial charge in [0.05, 0.1) is 50.1 Å². The van der Waals surface area contributed by atoms with Crippen LogP contribution in [0.2, 0.25) is 10.0 Å². The molecular weight excluding hydrogens is 619 g/mol. The van der Waals surface area contributed by atoms with Crippen LogP contribution in [0.25, 0.3) is 21.9 Å². The van der Waals surface area contributed by atoms with Crippen molar-refractivity contribution >= 4 is 73.0 Å². The Morgan fingerprint density at radius 2 is 2.00 bits per heavy atom. The summed E-state index contributed by atoms with van der Waals surface area (Å²) in [4.78, 5) is 24.0. The number of likely N-dealkylation sites (tertiary alicyclic amines) is 1. The van der Waals surface area contributed by atoms with Crippen LogP contribution in [0.15, 0.2) is 10.5 Å². The predicted octanol–water partition coefficient (Wildman–Crippen LogP) is 6.04. The van der Waals surface area contributed by atoms with E-state index in [1.807, 2.05) is 31.5 Å². The normalized spacial score (nSPS) is 21.1. The number of halogens is 3. The van der Waals surface area contributed by atoms with E-state index < -0.39 is 11.7 Å². The van der Waals surface area contributed by atoms with Crippen LogP contribution in [0.3, 0.4) is 0 Å². The van der Waals surface area contributed by atoms with Crippen LogP contribution < -0.4 is 4.90 Å². The van der Waals surface area contributed by atoms with Crippen molar-refractivity contribution in [1.82, 2.24) is 29.8 Å². The number of piperidine rings is 1. The van der Waals surface area contributed by atoms with Gasteiger partial charge in [0.2, 0.25) is 0 Å². The summed E-state index contributed by atoms with van der Waals surface area (Å²) in [5.74, 6) is 0.726. The van der Waals surface area contributed by atoms with Gasteiger partial charge in [-0.3, -0.25) is 0 Å². The summed E-state index contributed by atoms with van der Waals surface area (Å²) in [6, 6.07) is 3.66. The number of hydrogen-bond acceptors (Lipinski definition) is 8. The number of pyridine rings is 1. The highest BCUT2D eigenvalue weighted by Gasteiger charge is 2.43. The van der Waals surface area contributed by atoms with Crippen molar-refractivity contribution in [2.75, 3.05) is 38.6 Å². The van der Waals surface area contributed by atoms with Crippen molar-refractivity contribution < 1.29 is 9.53 Å². The van der Waals surface area contributed by atoms with E-state index in [0.717, 1.165) is 29.8 Å². The molecule has 13 heteroatoms. The van der Waals surface area contributed by atoms with Gasteiger partial charge in [0.25, 0.3) is 0 Å². The number of aromatic nitrogens is 4. The zero-order valence-corrected chi connectivity index (χ0v) is 26.6. The number of hydrogen-bond donors (Lipinski definition) is 0. The van der Waals surface area contributed by atoms with Crippen molar-refractivity contribution in [1.29, 1.82) is 5.26 Å². The molecule has 0 unspecified atom stereocenters. The van der Waals surface area contributed by atoms with Gasteiger partial charge in [-0.25, -0.2) is 14.5 Å². The number of benzene rings is 1. The third-order valence-corrected chi connectivity index (χ3v) is 9.89. The standard InChI is InChI=1S/C27H33BrCl2N8O2/c1-26(2,3)40-25(39)37-10-8-16(11-15(37)7-9-31)38-23-17-12-18(29)19(28)20(30)21(17)32-24(22(23)33-34-38)36-13-27(4,14-36)35(5)6/h12,15-16H,7-8,10-11,13-14H2,1-6H3/t15-,16+/m1/s1. The molecule has 10 nitrogen and oxygen atoms in total. The number of rotatable bonds is 4. The molecule has 2 atom stereocenters. The Balaban J connectivity index is 1.59. The second-order valence-corrected chi connectivity index (χ2v) is 13.7. The lowest BCUT2D eigenvalue weighted by Gasteiger charge is -2.52. The highest BCUT2D eigenvalue weighted by Crippen LogP contribution is 2.43. The van der Waals surface area contributed by atoms with Crippen LogP contribution in [0.4, 0.5) is 10.6 Å². The monoisotopic (exact) mass is 650 g/mol. The molecular formula is C27H33BrCl2N8O2. The molecule has 3 aromatic rings. The van der Waals surface area contributed by atoms with Crippen LogP contribution in [0, 0.1) is 11.3 Å². The van der Waals surface area contributed by atoms with E-state index in [0.29, 0.717) is 44.9 Å². The molecule has 2 aliphatic rings. The number of nitrogens with zero attached hydrogens (tertiary/aromatic N) is 8. The minimum atomic E-state index is -0.623. The van der Waals surface area contributed by atoms with Gasteiger partial charge in [0.1, 0.15) is 11.1 Å². The van der Waals surface area contributed by atoms with Crippen molar-refractivity contribution in [2.45, 2.75) is 70.2 Å². The van der Waals surface area contributed by atoms with E-state index in [4.69, 9.17) is 32.9 Å². The van der Waals surface area contributed by atoms with Crippen LogP contribution >= 0.6 is 39.1 Å². The van der Waals surface area contributed by atoms with Crippen LogP contribution in [0.1, 0.15) is 53.0 Å². The molecule has 40 heavy (non-hydrogen) atoms. The number of ether oxygens (including phenoxy) is 1. The van der Waals surface area contributed by atoms with Crippen LogP contribution in [-0.2, 0) is 4.74 Å². The quantitative estimate of drug-likeness (QED) is 0.315.